The van der Waals surface area contributed by atoms with Crippen molar-refractivity contribution in [3.8, 4) is 11.8 Å². The minimum Gasteiger partial charge on any atom is -0.490 e. The summed E-state index contributed by atoms with van der Waals surface area (Å²) in [5, 5.41) is 19.8. The molecule has 2 aromatic rings. The smallest absolute Gasteiger partial charge is 0.430 e. The number of allylic oxidation sites excluding steroid dienone is 1. The Morgan fingerprint density at radius 1 is 1.15 bits per heavy atom. The number of hydrogen-bond donors (Lipinski definition) is 1. The molecule has 0 spiro atoms. The normalized spacial score (nSPS) is 18.5. The standard InChI is InChI=1S/C35H39BrF3N3O3S/c1-6-8-18-42(19-9-7-2)26-12-10-25(31(20-26)44-23-27(43)21-36)11-13-28-14-15-29(46-28)16-17-30-32(41-5)33(24(3)22-40)45-34(30,4)35(37,38)39/h10-17,20,27,43H,6-9,18-19,21,23H2,1-4H3/b13-11+,17-16+,33-24+. The highest BCUT2D eigenvalue weighted by molar-refractivity contribution is 9.09. The maximum absolute atomic E-state index is 14.1. The number of halogens is 4. The van der Waals surface area contributed by atoms with Crippen molar-refractivity contribution in [2.45, 2.75) is 71.3 Å². The van der Waals surface area contributed by atoms with E-state index in [0.717, 1.165) is 61.8 Å². The van der Waals surface area contributed by atoms with Crippen LogP contribution in [0.5, 0.6) is 5.75 Å². The van der Waals surface area contributed by atoms with Crippen LogP contribution in [0.2, 0.25) is 0 Å². The molecule has 0 bridgehead atoms. The topological polar surface area (TPSA) is 70.1 Å². The lowest BCUT2D eigenvalue weighted by Crippen LogP contribution is -2.43. The molecule has 6 nitrogen and oxygen atoms in total. The molecule has 0 saturated heterocycles. The summed E-state index contributed by atoms with van der Waals surface area (Å²) in [5.74, 6) is 0.296. The van der Waals surface area contributed by atoms with Gasteiger partial charge in [-0.25, -0.2) is 4.85 Å². The lowest BCUT2D eigenvalue weighted by molar-refractivity contribution is -0.236. The molecule has 1 aromatic carbocycles. The summed E-state index contributed by atoms with van der Waals surface area (Å²) in [7, 11) is 0. The van der Waals surface area contributed by atoms with E-state index in [0.29, 0.717) is 16.0 Å². The molecule has 0 fully saturated rings. The number of nitrogens with zero attached hydrogens (tertiary/aromatic N) is 3. The highest BCUT2D eigenvalue weighted by atomic mass is 79.9. The molecule has 3 rings (SSSR count). The van der Waals surface area contributed by atoms with E-state index in [2.05, 4.69) is 45.6 Å². The zero-order valence-corrected chi connectivity index (χ0v) is 28.9. The number of alkyl halides is 4. The molecule has 46 heavy (non-hydrogen) atoms. The van der Waals surface area contributed by atoms with Crippen LogP contribution in [0.25, 0.3) is 23.1 Å². The van der Waals surface area contributed by atoms with Gasteiger partial charge in [-0.1, -0.05) is 48.7 Å². The summed E-state index contributed by atoms with van der Waals surface area (Å²) in [6.45, 7) is 16.1. The summed E-state index contributed by atoms with van der Waals surface area (Å²) in [4.78, 5) is 7.18. The van der Waals surface area contributed by atoms with Gasteiger partial charge in [0, 0.05) is 51.1 Å². The molecule has 2 atom stereocenters. The zero-order valence-electron chi connectivity index (χ0n) is 26.5. The molecule has 0 radical (unpaired) electrons. The van der Waals surface area contributed by atoms with E-state index in [4.69, 9.17) is 16.0 Å². The van der Waals surface area contributed by atoms with Gasteiger partial charge in [-0.3, -0.25) is 0 Å². The number of thiophene rings is 1. The summed E-state index contributed by atoms with van der Waals surface area (Å²) in [5.41, 5.74) is -1.64. The van der Waals surface area contributed by atoms with E-state index >= 15 is 0 Å². The second-order valence-electron chi connectivity index (χ2n) is 11.0. The lowest BCUT2D eigenvalue weighted by atomic mass is 9.94. The Morgan fingerprint density at radius 3 is 2.33 bits per heavy atom. The van der Waals surface area contributed by atoms with E-state index in [1.165, 1.54) is 30.4 Å². The predicted molar refractivity (Wildman–Crippen MR) is 184 cm³/mol. The Hall–Kier alpha value is -3.51. The highest BCUT2D eigenvalue weighted by Crippen LogP contribution is 2.50. The van der Waals surface area contributed by atoms with Gasteiger partial charge in [0.15, 0.2) is 0 Å². The maximum Gasteiger partial charge on any atom is 0.430 e. The average molecular weight is 719 g/mol. The number of aliphatic hydroxyl groups is 1. The van der Waals surface area contributed by atoms with Gasteiger partial charge < -0.3 is 19.5 Å². The van der Waals surface area contributed by atoms with Crippen molar-refractivity contribution in [2.75, 3.05) is 29.9 Å². The molecule has 1 aliphatic rings. The van der Waals surface area contributed by atoms with Crippen LogP contribution in [0, 0.1) is 17.9 Å². The Morgan fingerprint density at radius 2 is 1.78 bits per heavy atom. The van der Waals surface area contributed by atoms with Gasteiger partial charge in [-0.15, -0.1) is 11.3 Å². The fourth-order valence-electron chi connectivity index (χ4n) is 4.69. The van der Waals surface area contributed by atoms with E-state index in [-0.39, 0.29) is 29.2 Å². The molecule has 1 N–H and O–H groups in total. The van der Waals surface area contributed by atoms with Crippen molar-refractivity contribution in [2.24, 2.45) is 0 Å². The lowest BCUT2D eigenvalue weighted by Gasteiger charge is -2.29. The summed E-state index contributed by atoms with van der Waals surface area (Å²) >= 11 is 4.65. The van der Waals surface area contributed by atoms with Crippen molar-refractivity contribution in [1.29, 1.82) is 5.26 Å². The molecule has 2 heterocycles. The number of benzene rings is 1. The fraction of sp³-hybridized carbons (Fsp3) is 0.429. The quantitative estimate of drug-likeness (QED) is 0.113. The Bertz CT molecular complexity index is 1560. The van der Waals surface area contributed by atoms with Crippen molar-refractivity contribution in [3.63, 3.8) is 0 Å². The van der Waals surface area contributed by atoms with Crippen molar-refractivity contribution in [3.05, 3.63) is 85.7 Å². The number of nitriles is 1. The molecule has 0 saturated carbocycles. The highest BCUT2D eigenvalue weighted by Gasteiger charge is 2.60. The third-order valence-corrected chi connectivity index (χ3v) is 9.24. The molecule has 1 aliphatic heterocycles. The molecule has 0 amide bonds. The second kappa shape index (κ2) is 16.9. The molecule has 11 heteroatoms. The third kappa shape index (κ3) is 9.06. The van der Waals surface area contributed by atoms with Crippen LogP contribution in [0.1, 0.15) is 68.7 Å². The van der Waals surface area contributed by atoms with E-state index in [9.17, 15) is 23.5 Å². The number of unbranched alkanes of at least 4 members (excludes halogenated alkanes) is 2. The molecule has 246 valence electrons. The van der Waals surface area contributed by atoms with Crippen LogP contribution >= 0.6 is 27.3 Å². The fourth-order valence-corrected chi connectivity index (χ4v) is 5.69. The second-order valence-corrected chi connectivity index (χ2v) is 12.8. The Kier molecular flexibility index (Phi) is 13.6. The van der Waals surface area contributed by atoms with E-state index in [1.54, 1.807) is 12.1 Å². The number of anilines is 1. The third-order valence-electron chi connectivity index (χ3n) is 7.48. The first-order valence-corrected chi connectivity index (χ1v) is 17.1. The summed E-state index contributed by atoms with van der Waals surface area (Å²) in [6.07, 6.45) is 5.44. The van der Waals surface area contributed by atoms with Gasteiger partial charge in [-0.05, 0) is 69.2 Å². The van der Waals surface area contributed by atoms with Crippen molar-refractivity contribution in [1.82, 2.24) is 0 Å². The van der Waals surface area contributed by atoms with Crippen LogP contribution in [-0.2, 0) is 4.74 Å². The van der Waals surface area contributed by atoms with Crippen LogP contribution in [0.3, 0.4) is 0 Å². The number of aliphatic hydroxyl groups excluding tert-OH is 1. The summed E-state index contributed by atoms with van der Waals surface area (Å²) < 4.78 is 53.7. The van der Waals surface area contributed by atoms with Crippen LogP contribution in [0.15, 0.2) is 59.0 Å². The van der Waals surface area contributed by atoms with Crippen molar-refractivity contribution >= 4 is 51.2 Å². The minimum absolute atomic E-state index is 0.0962. The minimum atomic E-state index is -4.81. The van der Waals surface area contributed by atoms with Crippen molar-refractivity contribution < 1.29 is 27.8 Å². The maximum atomic E-state index is 14.1. The summed E-state index contributed by atoms with van der Waals surface area (Å²) in [6, 6.07) is 11.5. The van der Waals surface area contributed by atoms with E-state index < -0.39 is 17.9 Å². The predicted octanol–water partition coefficient (Wildman–Crippen LogP) is 9.80. The van der Waals surface area contributed by atoms with Gasteiger partial charge in [0.25, 0.3) is 0 Å². The molecular formula is C35H39BrF3N3O3S. The molecular weight excluding hydrogens is 679 g/mol. The average Bonchev–Trinajstić information content (AvgIpc) is 3.62. The first-order chi connectivity index (χ1) is 21.9. The zero-order chi connectivity index (χ0) is 33.9. The monoisotopic (exact) mass is 717 g/mol. The number of hydrogen-bond acceptors (Lipinski definition) is 6. The van der Waals surface area contributed by atoms with Crippen LogP contribution < -0.4 is 9.64 Å². The Balaban J connectivity index is 1.92. The van der Waals surface area contributed by atoms with Gasteiger partial charge >= 0.3 is 6.18 Å². The van der Waals surface area contributed by atoms with Gasteiger partial charge in [-0.2, -0.15) is 18.4 Å². The largest absolute Gasteiger partial charge is 0.490 e. The molecule has 2 unspecified atom stereocenters. The van der Waals surface area contributed by atoms with Gasteiger partial charge in [0.05, 0.1) is 24.3 Å². The first kappa shape index (κ1) is 37.0. The first-order valence-electron chi connectivity index (χ1n) is 15.1. The Labute approximate surface area is 282 Å². The molecule has 1 aromatic heterocycles. The van der Waals surface area contributed by atoms with E-state index in [1.807, 2.05) is 30.4 Å². The van der Waals surface area contributed by atoms with Gasteiger partial charge in [0.2, 0.25) is 11.3 Å². The van der Waals surface area contributed by atoms with Crippen LogP contribution in [-0.4, -0.2) is 48.0 Å². The van der Waals surface area contributed by atoms with Crippen LogP contribution in [0.4, 0.5) is 18.9 Å². The SMILES string of the molecule is [C-]#[N+]C1=C(/C=C/c2ccc(/C=C/c3ccc(N(CCCC)CCCC)cc3OCC(O)CBr)s2)C(C)(C(F)(F)F)O/C1=C(\C)C#N. The van der Waals surface area contributed by atoms with Gasteiger partial charge in [0.1, 0.15) is 18.1 Å². The number of rotatable bonds is 15. The number of ether oxygens (including phenoxy) is 2. The molecule has 0 aliphatic carbocycles.